The van der Waals surface area contributed by atoms with Crippen molar-refractivity contribution in [1.29, 1.82) is 0 Å². The summed E-state index contributed by atoms with van der Waals surface area (Å²) >= 11 is 0. The molecule has 0 radical (unpaired) electrons. The molecule has 1 aliphatic rings. The first-order valence-corrected chi connectivity index (χ1v) is 4.93. The summed E-state index contributed by atoms with van der Waals surface area (Å²) in [6.45, 7) is 2.26. The number of hydrogen-bond donors (Lipinski definition) is 0. The van der Waals surface area contributed by atoms with Gasteiger partial charge in [0.2, 0.25) is 0 Å². The van der Waals surface area contributed by atoms with Crippen LogP contribution < -0.4 is 4.74 Å². The third-order valence-corrected chi connectivity index (χ3v) is 2.70. The number of hydrogen-bond acceptors (Lipinski definition) is 2. The Hall–Kier alpha value is -1.05. The molecule has 13 heavy (non-hydrogen) atoms. The molecule has 2 atom stereocenters. The third kappa shape index (κ3) is 2.00. The third-order valence-electron chi connectivity index (χ3n) is 2.70. The lowest BCUT2D eigenvalue weighted by Crippen LogP contribution is -2.18. The van der Waals surface area contributed by atoms with E-state index in [9.17, 15) is 0 Å². The van der Waals surface area contributed by atoms with Crippen molar-refractivity contribution in [3.8, 4) is 5.75 Å². The molecule has 2 unspecified atom stereocenters. The van der Waals surface area contributed by atoms with Gasteiger partial charge in [-0.05, 0) is 37.3 Å². The molecule has 1 heterocycles. The average Bonchev–Trinajstić information content (AvgIpc) is 2.54. The van der Waals surface area contributed by atoms with Crippen LogP contribution in [0.2, 0.25) is 0 Å². The van der Waals surface area contributed by atoms with Gasteiger partial charge in [0.25, 0.3) is 0 Å². The van der Waals surface area contributed by atoms with Gasteiger partial charge >= 0.3 is 0 Å². The van der Waals surface area contributed by atoms with Crippen LogP contribution in [0.3, 0.4) is 0 Å². The molecule has 2 heteroatoms. The van der Waals surface area contributed by atoms with Crippen molar-refractivity contribution in [3.05, 3.63) is 24.5 Å². The Kier molecular flexibility index (Phi) is 2.48. The molecule has 1 aliphatic carbocycles. The molecule has 0 aliphatic heterocycles. The SMILES string of the molecule is CC1CCCC1Oc1cccnc1. The fraction of sp³-hybridized carbons (Fsp3) is 0.545. The summed E-state index contributed by atoms with van der Waals surface area (Å²) < 4.78 is 5.83. The van der Waals surface area contributed by atoms with Crippen molar-refractivity contribution in [3.63, 3.8) is 0 Å². The number of rotatable bonds is 2. The lowest BCUT2D eigenvalue weighted by atomic mass is 10.1. The Morgan fingerprint density at radius 1 is 1.46 bits per heavy atom. The van der Waals surface area contributed by atoms with E-state index in [2.05, 4.69) is 11.9 Å². The summed E-state index contributed by atoms with van der Waals surface area (Å²) in [6, 6.07) is 3.88. The molecule has 70 valence electrons. The molecule has 0 amide bonds. The van der Waals surface area contributed by atoms with E-state index in [-0.39, 0.29) is 0 Å². The van der Waals surface area contributed by atoms with Gasteiger partial charge in [-0.25, -0.2) is 0 Å². The van der Waals surface area contributed by atoms with Gasteiger partial charge in [-0.1, -0.05) is 6.92 Å². The van der Waals surface area contributed by atoms with E-state index in [1.807, 2.05) is 12.1 Å². The van der Waals surface area contributed by atoms with Gasteiger partial charge < -0.3 is 4.74 Å². The predicted molar refractivity (Wildman–Crippen MR) is 51.7 cm³/mol. The van der Waals surface area contributed by atoms with Crippen LogP contribution in [0.15, 0.2) is 24.5 Å². The normalized spacial score (nSPS) is 27.5. The highest BCUT2D eigenvalue weighted by molar-refractivity contribution is 5.16. The Labute approximate surface area is 78.9 Å². The minimum absolute atomic E-state index is 0.407. The van der Waals surface area contributed by atoms with Crippen LogP contribution in [-0.4, -0.2) is 11.1 Å². The van der Waals surface area contributed by atoms with Crippen LogP contribution in [0.1, 0.15) is 26.2 Å². The summed E-state index contributed by atoms with van der Waals surface area (Å²) in [7, 11) is 0. The molecule has 0 N–H and O–H groups in total. The Balaban J connectivity index is 1.98. The quantitative estimate of drug-likeness (QED) is 0.692. The minimum atomic E-state index is 0.407. The maximum Gasteiger partial charge on any atom is 0.138 e. The molecule has 2 nitrogen and oxygen atoms in total. The highest BCUT2D eigenvalue weighted by atomic mass is 16.5. The summed E-state index contributed by atoms with van der Waals surface area (Å²) in [5, 5.41) is 0. The van der Waals surface area contributed by atoms with Crippen molar-refractivity contribution >= 4 is 0 Å². The van der Waals surface area contributed by atoms with E-state index in [0.717, 1.165) is 5.75 Å². The highest BCUT2D eigenvalue weighted by Crippen LogP contribution is 2.28. The Morgan fingerprint density at radius 2 is 2.38 bits per heavy atom. The topological polar surface area (TPSA) is 22.1 Å². The van der Waals surface area contributed by atoms with E-state index in [0.29, 0.717) is 12.0 Å². The summed E-state index contributed by atoms with van der Waals surface area (Å²) in [5.74, 6) is 1.60. The molecular weight excluding hydrogens is 162 g/mol. The van der Waals surface area contributed by atoms with Crippen LogP contribution >= 0.6 is 0 Å². The first-order chi connectivity index (χ1) is 6.36. The maximum atomic E-state index is 5.83. The monoisotopic (exact) mass is 177 g/mol. The van der Waals surface area contributed by atoms with Crippen molar-refractivity contribution in [2.24, 2.45) is 5.92 Å². The minimum Gasteiger partial charge on any atom is -0.489 e. The molecule has 1 aromatic heterocycles. The average molecular weight is 177 g/mol. The number of ether oxygens (including phenoxy) is 1. The highest BCUT2D eigenvalue weighted by Gasteiger charge is 2.24. The molecule has 1 fully saturated rings. The zero-order valence-electron chi connectivity index (χ0n) is 7.94. The van der Waals surface area contributed by atoms with Crippen molar-refractivity contribution in [1.82, 2.24) is 4.98 Å². The largest absolute Gasteiger partial charge is 0.489 e. The van der Waals surface area contributed by atoms with E-state index in [1.165, 1.54) is 19.3 Å². The second kappa shape index (κ2) is 3.77. The second-order valence-electron chi connectivity index (χ2n) is 3.75. The number of aromatic nitrogens is 1. The van der Waals surface area contributed by atoms with Crippen molar-refractivity contribution < 1.29 is 4.74 Å². The number of pyridine rings is 1. The van der Waals surface area contributed by atoms with Crippen LogP contribution in [0.25, 0.3) is 0 Å². The number of nitrogens with zero attached hydrogens (tertiary/aromatic N) is 1. The molecule has 0 aromatic carbocycles. The lowest BCUT2D eigenvalue weighted by molar-refractivity contribution is 0.167. The fourth-order valence-electron chi connectivity index (χ4n) is 1.88. The molecule has 0 saturated heterocycles. The molecule has 2 rings (SSSR count). The molecular formula is C11H15NO. The van der Waals surface area contributed by atoms with Gasteiger partial charge in [-0.2, -0.15) is 0 Å². The van der Waals surface area contributed by atoms with Gasteiger partial charge in [0.1, 0.15) is 11.9 Å². The van der Waals surface area contributed by atoms with Crippen LogP contribution in [0.4, 0.5) is 0 Å². The van der Waals surface area contributed by atoms with E-state index < -0.39 is 0 Å². The van der Waals surface area contributed by atoms with E-state index >= 15 is 0 Å². The Bertz CT molecular complexity index is 260. The predicted octanol–water partition coefficient (Wildman–Crippen LogP) is 2.65. The molecule has 1 aromatic rings. The van der Waals surface area contributed by atoms with Crippen LogP contribution in [-0.2, 0) is 0 Å². The molecule has 0 spiro atoms. The van der Waals surface area contributed by atoms with Gasteiger partial charge in [0, 0.05) is 6.20 Å². The van der Waals surface area contributed by atoms with Crippen LogP contribution in [0, 0.1) is 5.92 Å². The zero-order chi connectivity index (χ0) is 9.10. The van der Waals surface area contributed by atoms with Crippen molar-refractivity contribution in [2.75, 3.05) is 0 Å². The first kappa shape index (κ1) is 8.54. The lowest BCUT2D eigenvalue weighted by Gasteiger charge is -2.17. The van der Waals surface area contributed by atoms with Gasteiger partial charge in [-0.3, -0.25) is 4.98 Å². The van der Waals surface area contributed by atoms with Crippen LogP contribution in [0.5, 0.6) is 5.75 Å². The van der Waals surface area contributed by atoms with Gasteiger partial charge in [0.05, 0.1) is 6.20 Å². The van der Waals surface area contributed by atoms with Crippen molar-refractivity contribution in [2.45, 2.75) is 32.3 Å². The summed E-state index contributed by atoms with van der Waals surface area (Å²) in [5.41, 5.74) is 0. The standard InChI is InChI=1S/C11H15NO/c1-9-4-2-6-11(9)13-10-5-3-7-12-8-10/h3,5,7-9,11H,2,4,6H2,1H3. The fourth-order valence-corrected chi connectivity index (χ4v) is 1.88. The maximum absolute atomic E-state index is 5.83. The second-order valence-corrected chi connectivity index (χ2v) is 3.75. The van der Waals surface area contributed by atoms with E-state index in [1.54, 1.807) is 12.4 Å². The zero-order valence-corrected chi connectivity index (χ0v) is 7.94. The first-order valence-electron chi connectivity index (χ1n) is 4.93. The Morgan fingerprint density at radius 3 is 3.00 bits per heavy atom. The van der Waals surface area contributed by atoms with Gasteiger partial charge in [-0.15, -0.1) is 0 Å². The summed E-state index contributed by atoms with van der Waals surface area (Å²) in [6.07, 6.45) is 7.74. The van der Waals surface area contributed by atoms with Gasteiger partial charge in [0.15, 0.2) is 0 Å². The molecule has 1 saturated carbocycles. The molecule has 0 bridgehead atoms. The smallest absolute Gasteiger partial charge is 0.138 e. The summed E-state index contributed by atoms with van der Waals surface area (Å²) in [4.78, 5) is 4.03. The van der Waals surface area contributed by atoms with E-state index in [4.69, 9.17) is 4.74 Å².